The summed E-state index contributed by atoms with van der Waals surface area (Å²) in [6, 6.07) is 4.83. The molecule has 0 heterocycles. The Labute approximate surface area is 110 Å². The van der Waals surface area contributed by atoms with Crippen LogP contribution in [-0.2, 0) is 0 Å². The highest BCUT2D eigenvalue weighted by Gasteiger charge is 2.12. The maximum Gasteiger partial charge on any atom is 0.143 e. The number of aromatic hydroxyl groups is 1. The summed E-state index contributed by atoms with van der Waals surface area (Å²) in [5.41, 5.74) is 0.111. The number of hydrogen-bond acceptors (Lipinski definition) is 3. The second-order valence-corrected chi connectivity index (χ2v) is 4.32. The number of nitriles is 2. The predicted octanol–water partition coefficient (Wildman–Crippen LogP) is 3.89. The minimum atomic E-state index is -0.266. The SMILES string of the molecule is N#CC(C#N)=Cc1cc(Br)c(Cl)c(Cl)c1O. The van der Waals surface area contributed by atoms with E-state index >= 15 is 0 Å². The van der Waals surface area contributed by atoms with Gasteiger partial charge < -0.3 is 5.11 Å². The molecular formula is C10H3BrCl2N2O. The Morgan fingerprint density at radius 3 is 2.38 bits per heavy atom. The Morgan fingerprint density at radius 2 is 1.88 bits per heavy atom. The number of phenolic OH excluding ortho intramolecular Hbond substituents is 1. The van der Waals surface area contributed by atoms with Crippen LogP contribution in [0.2, 0.25) is 10.0 Å². The van der Waals surface area contributed by atoms with E-state index in [0.29, 0.717) is 4.47 Å². The van der Waals surface area contributed by atoms with Gasteiger partial charge in [0.2, 0.25) is 0 Å². The van der Waals surface area contributed by atoms with Crippen molar-refractivity contribution in [2.24, 2.45) is 0 Å². The maximum absolute atomic E-state index is 9.64. The van der Waals surface area contributed by atoms with Gasteiger partial charge in [-0.3, -0.25) is 0 Å². The van der Waals surface area contributed by atoms with Crippen molar-refractivity contribution in [2.75, 3.05) is 0 Å². The standard InChI is InChI=1S/C10H3BrCl2N2O/c11-7-2-6(1-5(3-14)4-15)10(16)9(13)8(7)12/h1-2,16H. The third-order valence-electron chi connectivity index (χ3n) is 1.71. The minimum Gasteiger partial charge on any atom is -0.506 e. The zero-order valence-electron chi connectivity index (χ0n) is 7.63. The van der Waals surface area contributed by atoms with Crippen LogP contribution in [0.3, 0.4) is 0 Å². The first kappa shape index (κ1) is 12.9. The molecule has 0 spiro atoms. The van der Waals surface area contributed by atoms with Gasteiger partial charge in [-0.1, -0.05) is 23.2 Å². The number of hydrogen-bond donors (Lipinski definition) is 1. The summed E-state index contributed by atoms with van der Waals surface area (Å²) in [6.07, 6.45) is 1.22. The summed E-state index contributed by atoms with van der Waals surface area (Å²) in [4.78, 5) is 0. The van der Waals surface area contributed by atoms with Crippen LogP contribution in [0.25, 0.3) is 6.08 Å². The highest BCUT2D eigenvalue weighted by molar-refractivity contribution is 9.10. The van der Waals surface area contributed by atoms with E-state index in [0.717, 1.165) is 0 Å². The third kappa shape index (κ3) is 2.48. The van der Waals surface area contributed by atoms with Crippen molar-refractivity contribution in [2.45, 2.75) is 0 Å². The number of benzene rings is 1. The summed E-state index contributed by atoms with van der Waals surface area (Å²) in [5.74, 6) is -0.266. The van der Waals surface area contributed by atoms with Crippen molar-refractivity contribution < 1.29 is 5.11 Å². The number of phenols is 1. The fourth-order valence-electron chi connectivity index (χ4n) is 0.959. The first-order valence-electron chi connectivity index (χ1n) is 3.89. The Bertz CT molecular complexity index is 539. The van der Waals surface area contributed by atoms with Crippen LogP contribution in [0.5, 0.6) is 5.75 Å². The normalized spacial score (nSPS) is 9.06. The van der Waals surface area contributed by atoms with Crippen LogP contribution < -0.4 is 0 Å². The molecule has 0 saturated heterocycles. The summed E-state index contributed by atoms with van der Waals surface area (Å²) < 4.78 is 0.471. The molecule has 0 unspecified atom stereocenters. The fraction of sp³-hybridized carbons (Fsp3) is 0. The molecule has 0 atom stereocenters. The molecule has 1 aromatic rings. The van der Waals surface area contributed by atoms with E-state index in [4.69, 9.17) is 33.7 Å². The quantitative estimate of drug-likeness (QED) is 0.631. The molecule has 0 aliphatic rings. The lowest BCUT2D eigenvalue weighted by atomic mass is 10.1. The smallest absolute Gasteiger partial charge is 0.143 e. The van der Waals surface area contributed by atoms with E-state index in [9.17, 15) is 5.11 Å². The largest absolute Gasteiger partial charge is 0.506 e. The van der Waals surface area contributed by atoms with Crippen LogP contribution >= 0.6 is 39.1 Å². The van der Waals surface area contributed by atoms with E-state index in [-0.39, 0.29) is 26.9 Å². The molecule has 0 saturated carbocycles. The van der Waals surface area contributed by atoms with Gasteiger partial charge in [0.25, 0.3) is 0 Å². The van der Waals surface area contributed by atoms with Crippen LogP contribution in [0, 0.1) is 22.7 Å². The second-order valence-electron chi connectivity index (χ2n) is 2.71. The van der Waals surface area contributed by atoms with Crippen molar-refractivity contribution in [1.29, 1.82) is 10.5 Å². The number of rotatable bonds is 1. The van der Waals surface area contributed by atoms with Crippen molar-refractivity contribution >= 4 is 45.2 Å². The van der Waals surface area contributed by atoms with Crippen LogP contribution in [0.4, 0.5) is 0 Å². The fourth-order valence-corrected chi connectivity index (χ4v) is 1.87. The first-order chi connectivity index (χ1) is 7.51. The Balaban J connectivity index is 3.45. The molecule has 0 aromatic heterocycles. The van der Waals surface area contributed by atoms with Gasteiger partial charge in [0.05, 0.1) is 5.02 Å². The minimum absolute atomic E-state index is 0.0301. The lowest BCUT2D eigenvalue weighted by Gasteiger charge is -2.05. The molecule has 0 fully saturated rings. The van der Waals surface area contributed by atoms with Crippen molar-refractivity contribution in [3.8, 4) is 17.9 Å². The molecule has 1 rings (SSSR count). The Kier molecular flexibility index (Phi) is 4.20. The van der Waals surface area contributed by atoms with E-state index in [1.54, 1.807) is 12.1 Å². The van der Waals surface area contributed by atoms with Gasteiger partial charge in [-0.15, -0.1) is 0 Å². The molecule has 0 bridgehead atoms. The summed E-state index contributed by atoms with van der Waals surface area (Å²) in [5, 5.41) is 26.9. The number of halogens is 3. The van der Waals surface area contributed by atoms with E-state index in [2.05, 4.69) is 15.9 Å². The average Bonchev–Trinajstić information content (AvgIpc) is 2.29. The molecular weight excluding hydrogens is 315 g/mol. The number of nitrogens with zero attached hydrogens (tertiary/aromatic N) is 2. The lowest BCUT2D eigenvalue weighted by molar-refractivity contribution is 0.474. The highest BCUT2D eigenvalue weighted by Crippen LogP contribution is 2.40. The van der Waals surface area contributed by atoms with Gasteiger partial charge in [0, 0.05) is 10.0 Å². The molecule has 3 nitrogen and oxygen atoms in total. The highest BCUT2D eigenvalue weighted by atomic mass is 79.9. The Morgan fingerprint density at radius 1 is 1.31 bits per heavy atom. The van der Waals surface area contributed by atoms with E-state index in [1.165, 1.54) is 12.1 Å². The molecule has 1 aromatic carbocycles. The molecule has 0 aliphatic heterocycles. The van der Waals surface area contributed by atoms with Crippen molar-refractivity contribution in [3.63, 3.8) is 0 Å². The molecule has 0 amide bonds. The van der Waals surface area contributed by atoms with Gasteiger partial charge in [0.1, 0.15) is 28.5 Å². The van der Waals surface area contributed by atoms with Crippen LogP contribution in [0.15, 0.2) is 16.1 Å². The van der Waals surface area contributed by atoms with E-state index < -0.39 is 0 Å². The molecule has 1 N–H and O–H groups in total. The van der Waals surface area contributed by atoms with Gasteiger partial charge in [-0.05, 0) is 28.1 Å². The van der Waals surface area contributed by atoms with Crippen molar-refractivity contribution in [3.05, 3.63) is 31.7 Å². The molecule has 0 radical (unpaired) electrons. The van der Waals surface area contributed by atoms with E-state index in [1.807, 2.05) is 0 Å². The summed E-state index contributed by atoms with van der Waals surface area (Å²) in [6.45, 7) is 0. The molecule has 80 valence electrons. The van der Waals surface area contributed by atoms with Gasteiger partial charge in [-0.2, -0.15) is 10.5 Å². The molecule has 6 heteroatoms. The van der Waals surface area contributed by atoms with Crippen LogP contribution in [-0.4, -0.2) is 5.11 Å². The van der Waals surface area contributed by atoms with Gasteiger partial charge in [-0.25, -0.2) is 0 Å². The summed E-state index contributed by atoms with van der Waals surface area (Å²) >= 11 is 14.7. The summed E-state index contributed by atoms with van der Waals surface area (Å²) in [7, 11) is 0. The number of allylic oxidation sites excluding steroid dienone is 1. The first-order valence-corrected chi connectivity index (χ1v) is 5.44. The zero-order valence-corrected chi connectivity index (χ0v) is 10.7. The predicted molar refractivity (Wildman–Crippen MR) is 65.0 cm³/mol. The topological polar surface area (TPSA) is 67.8 Å². The maximum atomic E-state index is 9.64. The second kappa shape index (κ2) is 5.23. The third-order valence-corrected chi connectivity index (χ3v) is 3.42. The lowest BCUT2D eigenvalue weighted by Crippen LogP contribution is -1.82. The molecule has 16 heavy (non-hydrogen) atoms. The van der Waals surface area contributed by atoms with Gasteiger partial charge >= 0.3 is 0 Å². The average molecular weight is 318 g/mol. The van der Waals surface area contributed by atoms with Crippen molar-refractivity contribution in [1.82, 2.24) is 0 Å². The van der Waals surface area contributed by atoms with Crippen LogP contribution in [0.1, 0.15) is 5.56 Å². The zero-order chi connectivity index (χ0) is 12.3. The molecule has 0 aliphatic carbocycles. The monoisotopic (exact) mass is 316 g/mol. The van der Waals surface area contributed by atoms with Gasteiger partial charge in [0.15, 0.2) is 0 Å². The Hall–Kier alpha value is -1.20.